The van der Waals surface area contributed by atoms with Crippen molar-refractivity contribution in [2.75, 3.05) is 19.4 Å². The quantitative estimate of drug-likeness (QED) is 0.134. The van der Waals surface area contributed by atoms with Gasteiger partial charge in [0.1, 0.15) is 25.1 Å². The van der Waals surface area contributed by atoms with Crippen molar-refractivity contribution < 1.29 is 32.7 Å². The van der Waals surface area contributed by atoms with E-state index in [1.165, 1.54) is 0 Å². The Morgan fingerprint density at radius 2 is 1.40 bits per heavy atom. The fourth-order valence-corrected chi connectivity index (χ4v) is 5.99. The summed E-state index contributed by atoms with van der Waals surface area (Å²) in [6.07, 6.45) is -0.644. The van der Waals surface area contributed by atoms with E-state index in [0.717, 1.165) is 16.6 Å². The van der Waals surface area contributed by atoms with Gasteiger partial charge in [-0.2, -0.15) is 0 Å². The number of aromatic nitrogens is 2. The highest BCUT2D eigenvalue weighted by atomic mass is 31.2. The lowest BCUT2D eigenvalue weighted by molar-refractivity contribution is -0.147. The number of carbonyl (C=O) groups excluding carboxylic acids is 2. The zero-order valence-electron chi connectivity index (χ0n) is 23.8. The Balaban J connectivity index is 1.56. The summed E-state index contributed by atoms with van der Waals surface area (Å²) in [7, 11) is -3.35. The standard InChI is InChI=1S/C31H36N3O7P/c1-3-40-42(37,41-4-2)20-19-34-28-18-12-11-17-26(28)32-29(34)21-27(30(35)38-22-24-13-7-5-8-14-24)33-31(36)39-23-25-15-9-6-10-16-25/h5-18,27H,3-4,19-23H2,1-2H3,(H,33,36)/t27-/m1/s1. The van der Waals surface area contributed by atoms with Crippen molar-refractivity contribution in [1.29, 1.82) is 0 Å². The predicted molar refractivity (Wildman–Crippen MR) is 159 cm³/mol. The smallest absolute Gasteiger partial charge is 0.408 e. The van der Waals surface area contributed by atoms with Crippen molar-refractivity contribution in [3.05, 3.63) is 102 Å². The van der Waals surface area contributed by atoms with Crippen LogP contribution in [0.2, 0.25) is 0 Å². The number of para-hydroxylation sites is 2. The van der Waals surface area contributed by atoms with Gasteiger partial charge in [0.05, 0.1) is 30.4 Å². The average Bonchev–Trinajstić information content (AvgIpc) is 3.35. The maximum atomic E-state index is 13.3. The molecule has 10 nitrogen and oxygen atoms in total. The van der Waals surface area contributed by atoms with Crippen LogP contribution in [0.5, 0.6) is 0 Å². The van der Waals surface area contributed by atoms with Crippen LogP contribution in [0.1, 0.15) is 30.8 Å². The van der Waals surface area contributed by atoms with Gasteiger partial charge in [0.15, 0.2) is 0 Å². The van der Waals surface area contributed by atoms with Crippen molar-refractivity contribution in [3.8, 4) is 0 Å². The molecule has 0 fully saturated rings. The summed E-state index contributed by atoms with van der Waals surface area (Å²) in [6, 6.07) is 24.9. The molecule has 4 rings (SSSR count). The third-order valence-corrected chi connectivity index (χ3v) is 8.43. The van der Waals surface area contributed by atoms with Crippen LogP contribution in [0.4, 0.5) is 4.79 Å². The van der Waals surface area contributed by atoms with Crippen molar-refractivity contribution in [2.24, 2.45) is 0 Å². The van der Waals surface area contributed by atoms with Crippen molar-refractivity contribution in [3.63, 3.8) is 0 Å². The topological polar surface area (TPSA) is 118 Å². The van der Waals surface area contributed by atoms with Crippen LogP contribution in [-0.4, -0.2) is 47.0 Å². The van der Waals surface area contributed by atoms with Gasteiger partial charge in [-0.15, -0.1) is 0 Å². The van der Waals surface area contributed by atoms with E-state index in [0.29, 0.717) is 11.3 Å². The third-order valence-electron chi connectivity index (χ3n) is 6.38. The highest BCUT2D eigenvalue weighted by molar-refractivity contribution is 7.53. The van der Waals surface area contributed by atoms with Crippen LogP contribution in [0.15, 0.2) is 84.9 Å². The van der Waals surface area contributed by atoms with E-state index in [2.05, 4.69) is 5.32 Å². The Hall–Kier alpha value is -3.98. The van der Waals surface area contributed by atoms with Crippen LogP contribution in [0.3, 0.4) is 0 Å². The minimum Gasteiger partial charge on any atom is -0.459 e. The van der Waals surface area contributed by atoms with Crippen LogP contribution in [-0.2, 0) is 54.1 Å². The first-order chi connectivity index (χ1) is 20.4. The Bertz CT molecular complexity index is 1480. The average molecular weight is 594 g/mol. The van der Waals surface area contributed by atoms with E-state index in [4.69, 9.17) is 23.5 Å². The lowest BCUT2D eigenvalue weighted by atomic mass is 10.2. The van der Waals surface area contributed by atoms with Crippen LogP contribution >= 0.6 is 7.60 Å². The molecule has 0 radical (unpaired) electrons. The molecule has 1 atom stereocenters. The number of fused-ring (bicyclic) bond motifs is 1. The molecule has 42 heavy (non-hydrogen) atoms. The number of hydrogen-bond acceptors (Lipinski definition) is 8. The summed E-state index contributed by atoms with van der Waals surface area (Å²) in [5.41, 5.74) is 3.10. The second-order valence-corrected chi connectivity index (χ2v) is 11.6. The molecule has 1 aromatic heterocycles. The molecule has 1 N–H and O–H groups in total. The molecule has 0 aliphatic heterocycles. The SMILES string of the molecule is CCOP(=O)(CCn1c(C[C@@H](NC(=O)OCc2ccccc2)C(=O)OCc2ccccc2)nc2ccccc21)OCC. The highest BCUT2D eigenvalue weighted by Crippen LogP contribution is 2.48. The van der Waals surface area contributed by atoms with Crippen molar-refractivity contribution in [2.45, 2.75) is 46.1 Å². The second kappa shape index (κ2) is 15.3. The number of hydrogen-bond donors (Lipinski definition) is 1. The number of nitrogens with zero attached hydrogens (tertiary/aromatic N) is 2. The molecule has 1 heterocycles. The van der Waals surface area contributed by atoms with Crippen molar-refractivity contribution >= 4 is 30.7 Å². The molecule has 1 amide bonds. The molecule has 0 spiro atoms. The van der Waals surface area contributed by atoms with Gasteiger partial charge in [0.25, 0.3) is 0 Å². The maximum Gasteiger partial charge on any atom is 0.408 e. The second-order valence-electron chi connectivity index (χ2n) is 9.39. The molecular formula is C31H36N3O7P. The number of benzene rings is 3. The van der Waals surface area contributed by atoms with E-state index in [1.54, 1.807) is 13.8 Å². The van der Waals surface area contributed by atoms with Crippen molar-refractivity contribution in [1.82, 2.24) is 14.9 Å². The number of amides is 1. The van der Waals surface area contributed by atoms with Gasteiger partial charge in [0.2, 0.25) is 0 Å². The minimum absolute atomic E-state index is 0.0102. The number of imidazole rings is 1. The van der Waals surface area contributed by atoms with Crippen LogP contribution < -0.4 is 5.32 Å². The molecule has 11 heteroatoms. The lowest BCUT2D eigenvalue weighted by Crippen LogP contribution is -2.44. The first-order valence-electron chi connectivity index (χ1n) is 13.9. The predicted octanol–water partition coefficient (Wildman–Crippen LogP) is 5.88. The third kappa shape index (κ3) is 8.76. The number of alkyl carbamates (subject to hydrolysis) is 1. The van der Waals surface area contributed by atoms with Gasteiger partial charge in [-0.05, 0) is 37.1 Å². The fourth-order valence-electron chi connectivity index (χ4n) is 4.43. The lowest BCUT2D eigenvalue weighted by Gasteiger charge is -2.20. The van der Waals surface area contributed by atoms with Gasteiger partial charge in [0, 0.05) is 13.0 Å². The van der Waals surface area contributed by atoms with E-state index in [1.807, 2.05) is 89.5 Å². The molecule has 0 aliphatic carbocycles. The van der Waals surface area contributed by atoms with Gasteiger partial charge in [-0.1, -0.05) is 72.8 Å². The number of ether oxygens (including phenoxy) is 2. The molecule has 222 valence electrons. The number of carbonyl (C=O) groups is 2. The summed E-state index contributed by atoms with van der Waals surface area (Å²) >= 11 is 0. The molecule has 0 bridgehead atoms. The number of esters is 1. The molecule has 0 saturated carbocycles. The first-order valence-corrected chi connectivity index (χ1v) is 15.6. The molecule has 0 unspecified atom stereocenters. The molecular weight excluding hydrogens is 557 g/mol. The van der Waals surface area contributed by atoms with E-state index >= 15 is 0 Å². The molecule has 0 saturated heterocycles. The number of nitrogens with one attached hydrogen (secondary N) is 1. The Morgan fingerprint density at radius 1 is 0.833 bits per heavy atom. The molecule has 4 aromatic rings. The summed E-state index contributed by atoms with van der Waals surface area (Å²) in [5, 5.41) is 2.66. The summed E-state index contributed by atoms with van der Waals surface area (Å²) in [6.45, 7) is 4.37. The Labute approximate surface area is 245 Å². The van der Waals surface area contributed by atoms with E-state index in [9.17, 15) is 14.2 Å². The minimum atomic E-state index is -3.35. The highest BCUT2D eigenvalue weighted by Gasteiger charge is 2.28. The Kier molecular flexibility index (Phi) is 11.3. The monoisotopic (exact) mass is 593 g/mol. The number of aryl methyl sites for hydroxylation is 1. The zero-order valence-corrected chi connectivity index (χ0v) is 24.7. The zero-order chi connectivity index (χ0) is 29.8. The van der Waals surface area contributed by atoms with Crippen LogP contribution in [0, 0.1) is 0 Å². The van der Waals surface area contributed by atoms with E-state index in [-0.39, 0.29) is 45.6 Å². The summed E-state index contributed by atoms with van der Waals surface area (Å²) in [5.74, 6) is -0.135. The maximum absolute atomic E-state index is 13.3. The number of rotatable bonds is 15. The summed E-state index contributed by atoms with van der Waals surface area (Å²) in [4.78, 5) is 30.9. The van der Waals surface area contributed by atoms with Gasteiger partial charge in [-0.25, -0.2) is 14.6 Å². The largest absolute Gasteiger partial charge is 0.459 e. The van der Waals surface area contributed by atoms with E-state index < -0.39 is 25.7 Å². The van der Waals surface area contributed by atoms with Gasteiger partial charge < -0.3 is 28.4 Å². The fraction of sp³-hybridized carbons (Fsp3) is 0.323. The molecule has 3 aromatic carbocycles. The Morgan fingerprint density at radius 3 is 2.02 bits per heavy atom. The van der Waals surface area contributed by atoms with Gasteiger partial charge in [-0.3, -0.25) is 4.57 Å². The molecule has 0 aliphatic rings. The normalized spacial score (nSPS) is 12.1. The van der Waals surface area contributed by atoms with Crippen LogP contribution in [0.25, 0.3) is 11.0 Å². The van der Waals surface area contributed by atoms with Gasteiger partial charge >= 0.3 is 19.7 Å². The summed E-state index contributed by atoms with van der Waals surface area (Å²) < 4.78 is 37.0. The first kappa shape index (κ1) is 31.0.